The summed E-state index contributed by atoms with van der Waals surface area (Å²) in [7, 11) is 0. The molecule has 1 saturated heterocycles. The van der Waals surface area contributed by atoms with Gasteiger partial charge in [-0.05, 0) is 38.8 Å². The molecule has 0 saturated carbocycles. The molecule has 3 amide bonds. The summed E-state index contributed by atoms with van der Waals surface area (Å²) in [6.45, 7) is 5.28. The molecule has 0 bridgehead atoms. The number of nitrogens with one attached hydrogen (secondary N) is 2. The van der Waals surface area contributed by atoms with Gasteiger partial charge in [0.15, 0.2) is 5.65 Å². The van der Waals surface area contributed by atoms with Crippen molar-refractivity contribution in [3.63, 3.8) is 0 Å². The molecule has 0 aliphatic carbocycles. The predicted octanol–water partition coefficient (Wildman–Crippen LogP) is 3.03. The van der Waals surface area contributed by atoms with E-state index in [9.17, 15) is 9.59 Å². The summed E-state index contributed by atoms with van der Waals surface area (Å²) in [6.07, 6.45) is 7.74. The van der Waals surface area contributed by atoms with Crippen LogP contribution in [-0.4, -0.2) is 50.7 Å². The molecule has 3 aromatic rings. The van der Waals surface area contributed by atoms with Crippen molar-refractivity contribution in [2.45, 2.75) is 38.8 Å². The Kier molecular flexibility index (Phi) is 5.20. The highest BCUT2D eigenvalue weighted by Gasteiger charge is 2.25. The van der Waals surface area contributed by atoms with Gasteiger partial charge in [-0.3, -0.25) is 4.79 Å². The Morgan fingerprint density at radius 1 is 1.24 bits per heavy atom. The molecule has 0 spiro atoms. The van der Waals surface area contributed by atoms with Crippen LogP contribution < -0.4 is 10.6 Å². The van der Waals surface area contributed by atoms with Gasteiger partial charge in [0.2, 0.25) is 0 Å². The van der Waals surface area contributed by atoms with Crippen molar-refractivity contribution in [2.24, 2.45) is 0 Å². The molecule has 152 valence electrons. The van der Waals surface area contributed by atoms with E-state index in [-0.39, 0.29) is 24.0 Å². The van der Waals surface area contributed by atoms with Gasteiger partial charge in [-0.1, -0.05) is 0 Å². The van der Waals surface area contributed by atoms with E-state index in [4.69, 9.17) is 4.42 Å². The molecular formula is C20H24N6O3. The lowest BCUT2D eigenvalue weighted by molar-refractivity contribution is 0.0708. The third-order valence-corrected chi connectivity index (χ3v) is 5.07. The molecule has 4 rings (SSSR count). The van der Waals surface area contributed by atoms with Gasteiger partial charge in [0.1, 0.15) is 6.26 Å². The Balaban J connectivity index is 1.30. The number of nitrogens with zero attached hydrogens (tertiary/aromatic N) is 4. The Hall–Kier alpha value is -3.36. The maximum Gasteiger partial charge on any atom is 0.319 e. The van der Waals surface area contributed by atoms with Crippen molar-refractivity contribution < 1.29 is 14.0 Å². The van der Waals surface area contributed by atoms with E-state index in [0.29, 0.717) is 37.2 Å². The molecule has 1 aliphatic rings. The van der Waals surface area contributed by atoms with E-state index >= 15 is 0 Å². The first kappa shape index (κ1) is 19.0. The number of anilines is 1. The minimum Gasteiger partial charge on any atom is -0.472 e. The highest BCUT2D eigenvalue weighted by atomic mass is 16.3. The second kappa shape index (κ2) is 7.94. The summed E-state index contributed by atoms with van der Waals surface area (Å²) < 4.78 is 6.82. The molecule has 0 atom stereocenters. The third kappa shape index (κ3) is 4.08. The molecular weight excluding hydrogens is 372 g/mol. The van der Waals surface area contributed by atoms with Crippen molar-refractivity contribution in [2.75, 3.05) is 18.4 Å². The summed E-state index contributed by atoms with van der Waals surface area (Å²) in [5.74, 6) is -0.0389. The van der Waals surface area contributed by atoms with Crippen molar-refractivity contribution in [3.8, 4) is 0 Å². The first-order valence-electron chi connectivity index (χ1n) is 9.73. The van der Waals surface area contributed by atoms with Crippen molar-refractivity contribution in [1.29, 1.82) is 0 Å². The average Bonchev–Trinajstić information content (AvgIpc) is 3.37. The van der Waals surface area contributed by atoms with Crippen LogP contribution in [-0.2, 0) is 0 Å². The minimum atomic E-state index is -0.276. The number of aromatic nitrogens is 3. The Morgan fingerprint density at radius 3 is 2.72 bits per heavy atom. The van der Waals surface area contributed by atoms with Gasteiger partial charge in [0, 0.05) is 30.6 Å². The number of hydrogen-bond donors (Lipinski definition) is 2. The number of fused-ring (bicyclic) bond motifs is 1. The zero-order valence-corrected chi connectivity index (χ0v) is 16.5. The monoisotopic (exact) mass is 396 g/mol. The zero-order valence-electron chi connectivity index (χ0n) is 16.5. The van der Waals surface area contributed by atoms with Crippen LogP contribution in [0.15, 0.2) is 41.5 Å². The standard InChI is InChI=1S/C20H24N6O3/c1-13(2)26-18-15(10-22-26)9-17(11-21-18)24-20(28)23-16-3-6-25(7-4-16)19(27)14-5-8-29-12-14/h5,8-13,16H,3-4,6-7H2,1-2H3,(H2,23,24,28). The lowest BCUT2D eigenvalue weighted by Crippen LogP contribution is -2.47. The second-order valence-corrected chi connectivity index (χ2v) is 7.50. The number of urea groups is 1. The van der Waals surface area contributed by atoms with Crippen LogP contribution in [0.4, 0.5) is 10.5 Å². The molecule has 3 aromatic heterocycles. The quantitative estimate of drug-likeness (QED) is 0.705. The van der Waals surface area contributed by atoms with Gasteiger partial charge in [-0.15, -0.1) is 0 Å². The Labute approximate surface area is 168 Å². The van der Waals surface area contributed by atoms with E-state index in [1.807, 2.05) is 24.6 Å². The molecule has 4 heterocycles. The summed E-state index contributed by atoms with van der Waals surface area (Å²) in [6, 6.07) is 3.48. The van der Waals surface area contributed by atoms with Crippen LogP contribution in [0.1, 0.15) is 43.1 Å². The first-order chi connectivity index (χ1) is 14.0. The number of furan rings is 1. The zero-order chi connectivity index (χ0) is 20.4. The van der Waals surface area contributed by atoms with Crippen LogP contribution in [0.2, 0.25) is 0 Å². The van der Waals surface area contributed by atoms with Gasteiger partial charge in [-0.25, -0.2) is 14.5 Å². The molecule has 1 aliphatic heterocycles. The van der Waals surface area contributed by atoms with Gasteiger partial charge in [0.05, 0.1) is 29.9 Å². The van der Waals surface area contributed by atoms with Gasteiger partial charge < -0.3 is 20.0 Å². The highest BCUT2D eigenvalue weighted by Crippen LogP contribution is 2.19. The average molecular weight is 396 g/mol. The van der Waals surface area contributed by atoms with Crippen molar-refractivity contribution >= 4 is 28.7 Å². The Morgan fingerprint density at radius 2 is 2.03 bits per heavy atom. The molecule has 2 N–H and O–H groups in total. The Bertz CT molecular complexity index is 1000. The lowest BCUT2D eigenvalue weighted by atomic mass is 10.0. The fraction of sp³-hybridized carbons (Fsp3) is 0.400. The number of likely N-dealkylation sites (tertiary alicyclic amines) is 1. The van der Waals surface area contributed by atoms with Crippen LogP contribution >= 0.6 is 0 Å². The minimum absolute atomic E-state index is 0.0174. The van der Waals surface area contributed by atoms with Crippen LogP contribution in [0, 0.1) is 0 Å². The van der Waals surface area contributed by atoms with Crippen LogP contribution in [0.5, 0.6) is 0 Å². The smallest absolute Gasteiger partial charge is 0.319 e. The summed E-state index contributed by atoms with van der Waals surface area (Å²) in [5, 5.41) is 11.0. The van der Waals surface area contributed by atoms with E-state index in [2.05, 4.69) is 20.7 Å². The molecule has 1 fully saturated rings. The predicted molar refractivity (Wildman–Crippen MR) is 108 cm³/mol. The molecule has 9 heteroatoms. The highest BCUT2D eigenvalue weighted by molar-refractivity contribution is 5.94. The lowest BCUT2D eigenvalue weighted by Gasteiger charge is -2.32. The van der Waals surface area contributed by atoms with Crippen molar-refractivity contribution in [1.82, 2.24) is 25.0 Å². The normalized spacial score (nSPS) is 15.1. The summed E-state index contributed by atoms with van der Waals surface area (Å²) in [4.78, 5) is 30.9. The van der Waals surface area contributed by atoms with E-state index < -0.39 is 0 Å². The van der Waals surface area contributed by atoms with Gasteiger partial charge in [-0.2, -0.15) is 5.10 Å². The number of amides is 3. The van der Waals surface area contributed by atoms with Gasteiger partial charge >= 0.3 is 6.03 Å². The molecule has 29 heavy (non-hydrogen) atoms. The fourth-order valence-electron chi connectivity index (χ4n) is 3.53. The third-order valence-electron chi connectivity index (χ3n) is 5.07. The number of carbonyl (C=O) groups is 2. The number of rotatable bonds is 4. The van der Waals surface area contributed by atoms with E-state index in [0.717, 1.165) is 11.0 Å². The summed E-state index contributed by atoms with van der Waals surface area (Å²) >= 11 is 0. The fourth-order valence-corrected chi connectivity index (χ4v) is 3.53. The number of carbonyl (C=O) groups excluding carboxylic acids is 2. The molecule has 0 unspecified atom stereocenters. The largest absolute Gasteiger partial charge is 0.472 e. The molecule has 0 radical (unpaired) electrons. The first-order valence-corrected chi connectivity index (χ1v) is 9.73. The SMILES string of the molecule is CC(C)n1ncc2cc(NC(=O)NC3CCN(C(=O)c4ccoc4)CC3)cnc21. The van der Waals surface area contributed by atoms with Crippen molar-refractivity contribution in [3.05, 3.63) is 42.6 Å². The molecule has 0 aromatic carbocycles. The van der Waals surface area contributed by atoms with Crippen LogP contribution in [0.25, 0.3) is 11.0 Å². The van der Waals surface area contributed by atoms with E-state index in [1.54, 1.807) is 23.4 Å². The number of pyridine rings is 1. The van der Waals surface area contributed by atoms with Crippen LogP contribution in [0.3, 0.4) is 0 Å². The van der Waals surface area contributed by atoms with Gasteiger partial charge in [0.25, 0.3) is 5.91 Å². The van der Waals surface area contributed by atoms with E-state index in [1.165, 1.54) is 12.5 Å². The molecule has 9 nitrogen and oxygen atoms in total. The number of piperidine rings is 1. The maximum atomic E-state index is 12.4. The second-order valence-electron chi connectivity index (χ2n) is 7.50. The number of hydrogen-bond acceptors (Lipinski definition) is 5. The topological polar surface area (TPSA) is 105 Å². The maximum absolute atomic E-state index is 12.4. The summed E-state index contributed by atoms with van der Waals surface area (Å²) in [5.41, 5.74) is 1.96.